The Kier molecular flexibility index (Phi) is 2.83. The van der Waals surface area contributed by atoms with Crippen LogP contribution in [0.5, 0.6) is 0 Å². The van der Waals surface area contributed by atoms with E-state index in [1.54, 1.807) is 12.1 Å². The lowest BCUT2D eigenvalue weighted by Gasteiger charge is -2.05. The summed E-state index contributed by atoms with van der Waals surface area (Å²) in [6.07, 6.45) is 2.77. The molecule has 1 aliphatic rings. The van der Waals surface area contributed by atoms with Crippen molar-refractivity contribution in [3.8, 4) is 5.69 Å². The molecule has 1 atom stereocenters. The third kappa shape index (κ3) is 1.88. The second-order valence-corrected chi connectivity index (χ2v) is 4.14. The average Bonchev–Trinajstić information content (AvgIpc) is 2.78. The molecule has 2 aromatic rings. The predicted molar refractivity (Wildman–Crippen MR) is 62.8 cm³/mol. The number of fused-ring (bicyclic) bond motifs is 1. The number of nitrogens with one attached hydrogen (secondary N) is 1. The molecule has 0 amide bonds. The molecule has 0 fully saturated rings. The lowest BCUT2D eigenvalue weighted by Crippen LogP contribution is -2.11. The Balaban J connectivity index is 0.00000108. The summed E-state index contributed by atoms with van der Waals surface area (Å²) < 4.78 is 14.7. The highest BCUT2D eigenvalue weighted by Crippen LogP contribution is 2.27. The Bertz CT molecular complexity index is 519. The third-order valence-electron chi connectivity index (χ3n) is 2.84. The minimum absolute atomic E-state index is 0. The van der Waals surface area contributed by atoms with Crippen molar-refractivity contribution in [2.45, 2.75) is 19.4 Å². The molecule has 2 heterocycles. The number of rotatable bonds is 1. The number of aromatic nitrogens is 2. The molecule has 0 aliphatic carbocycles. The van der Waals surface area contributed by atoms with Crippen molar-refractivity contribution in [2.24, 2.45) is 0 Å². The fourth-order valence-corrected chi connectivity index (χ4v) is 2.10. The van der Waals surface area contributed by atoms with Crippen LogP contribution in [0.1, 0.15) is 12.6 Å². The minimum atomic E-state index is -0.223. The average molecular weight is 237 g/mol. The highest BCUT2D eigenvalue weighted by Gasteiger charge is 2.22. The van der Waals surface area contributed by atoms with Gasteiger partial charge in [0.05, 0.1) is 23.3 Å². The third-order valence-corrected chi connectivity index (χ3v) is 2.84. The summed E-state index contributed by atoms with van der Waals surface area (Å²) in [5, 5.41) is 7.65. The summed E-state index contributed by atoms with van der Waals surface area (Å²) in [6.45, 7) is 2.13. The molecule has 5 heteroatoms. The zero-order valence-corrected chi connectivity index (χ0v) is 9.35. The van der Waals surface area contributed by atoms with Crippen LogP contribution in [-0.4, -0.2) is 15.8 Å². The van der Waals surface area contributed by atoms with E-state index in [2.05, 4.69) is 17.3 Å². The van der Waals surface area contributed by atoms with Crippen LogP contribution < -0.4 is 5.32 Å². The van der Waals surface area contributed by atoms with E-state index in [1.165, 1.54) is 17.8 Å². The second-order valence-electron chi connectivity index (χ2n) is 4.14. The number of halogens is 2. The van der Waals surface area contributed by atoms with Gasteiger partial charge in [0.2, 0.25) is 0 Å². The van der Waals surface area contributed by atoms with Crippen molar-refractivity contribution < 1.29 is 9.09 Å². The SMILES string of the molecule is CC1Cc2c(cnn2-c2ccc(F)cc2)N1.F. The lowest BCUT2D eigenvalue weighted by molar-refractivity contribution is 0.626. The first kappa shape index (κ1) is 11.6. The Morgan fingerprint density at radius 1 is 1.35 bits per heavy atom. The van der Waals surface area contributed by atoms with E-state index in [9.17, 15) is 4.39 Å². The molecule has 90 valence electrons. The van der Waals surface area contributed by atoms with Crippen LogP contribution in [0.15, 0.2) is 30.5 Å². The molecule has 0 bridgehead atoms. The lowest BCUT2D eigenvalue weighted by atomic mass is 10.2. The maximum Gasteiger partial charge on any atom is 0.123 e. The zero-order chi connectivity index (χ0) is 11.1. The van der Waals surface area contributed by atoms with Gasteiger partial charge in [-0.1, -0.05) is 0 Å². The first-order valence-corrected chi connectivity index (χ1v) is 5.33. The van der Waals surface area contributed by atoms with Gasteiger partial charge < -0.3 is 5.32 Å². The maximum atomic E-state index is 12.8. The van der Waals surface area contributed by atoms with Crippen molar-refractivity contribution in [3.63, 3.8) is 0 Å². The molecule has 1 N–H and O–H groups in total. The van der Waals surface area contributed by atoms with Gasteiger partial charge >= 0.3 is 0 Å². The summed E-state index contributed by atoms with van der Waals surface area (Å²) >= 11 is 0. The normalized spacial score (nSPS) is 17.2. The molecule has 3 nitrogen and oxygen atoms in total. The highest BCUT2D eigenvalue weighted by atomic mass is 19.1. The first-order valence-electron chi connectivity index (χ1n) is 5.33. The molecule has 1 aliphatic heterocycles. The topological polar surface area (TPSA) is 29.9 Å². The fraction of sp³-hybridized carbons (Fsp3) is 0.250. The first-order chi connectivity index (χ1) is 7.74. The van der Waals surface area contributed by atoms with Crippen LogP contribution in [0, 0.1) is 5.82 Å². The van der Waals surface area contributed by atoms with Gasteiger partial charge in [-0.2, -0.15) is 5.10 Å². The quantitative estimate of drug-likeness (QED) is 0.826. The Morgan fingerprint density at radius 3 is 2.76 bits per heavy atom. The molecule has 3 rings (SSSR count). The Labute approximate surface area is 97.6 Å². The molecule has 1 unspecified atom stereocenters. The van der Waals surface area contributed by atoms with Gasteiger partial charge in [-0.25, -0.2) is 9.07 Å². The van der Waals surface area contributed by atoms with Gasteiger partial charge in [-0.05, 0) is 31.2 Å². The largest absolute Gasteiger partial charge is 0.379 e. The van der Waals surface area contributed by atoms with Gasteiger partial charge in [-0.15, -0.1) is 0 Å². The molecule has 0 radical (unpaired) electrons. The van der Waals surface area contributed by atoms with Gasteiger partial charge in [0.25, 0.3) is 0 Å². The molecule has 0 saturated carbocycles. The standard InChI is InChI=1S/C12H12FN3.FH/c1-8-6-12-11(15-8)7-14-16(12)10-4-2-9(13)3-5-10;/h2-5,7-8,15H,6H2,1H3;1H. The van der Waals surface area contributed by atoms with Gasteiger partial charge in [0.15, 0.2) is 0 Å². The molecule has 1 aromatic heterocycles. The van der Waals surface area contributed by atoms with Crippen LogP contribution in [0.3, 0.4) is 0 Å². The van der Waals surface area contributed by atoms with E-state index >= 15 is 0 Å². The van der Waals surface area contributed by atoms with Crippen molar-refractivity contribution >= 4 is 5.69 Å². The van der Waals surface area contributed by atoms with Crippen LogP contribution in [0.4, 0.5) is 14.8 Å². The van der Waals surface area contributed by atoms with E-state index in [0.29, 0.717) is 6.04 Å². The van der Waals surface area contributed by atoms with Crippen LogP contribution in [0.25, 0.3) is 5.69 Å². The minimum Gasteiger partial charge on any atom is -0.379 e. The fourth-order valence-electron chi connectivity index (χ4n) is 2.10. The van der Waals surface area contributed by atoms with Gasteiger partial charge in [0.1, 0.15) is 5.82 Å². The molecular formula is C12H13F2N3. The smallest absolute Gasteiger partial charge is 0.123 e. The molecule has 0 spiro atoms. The molecular weight excluding hydrogens is 224 g/mol. The maximum absolute atomic E-state index is 12.8. The van der Waals surface area contributed by atoms with E-state index in [4.69, 9.17) is 0 Å². The predicted octanol–water partition coefficient (Wildman–Crippen LogP) is 2.52. The van der Waals surface area contributed by atoms with Crippen LogP contribution in [-0.2, 0) is 6.42 Å². The van der Waals surface area contributed by atoms with Crippen LogP contribution in [0.2, 0.25) is 0 Å². The van der Waals surface area contributed by atoms with Crippen molar-refractivity contribution in [1.29, 1.82) is 0 Å². The number of nitrogens with zero attached hydrogens (tertiary/aromatic N) is 2. The van der Waals surface area contributed by atoms with Gasteiger partial charge in [-0.3, -0.25) is 4.70 Å². The summed E-state index contributed by atoms with van der Waals surface area (Å²) in [7, 11) is 0. The summed E-state index contributed by atoms with van der Waals surface area (Å²) in [6, 6.07) is 6.83. The Hall–Kier alpha value is -1.91. The van der Waals surface area contributed by atoms with Gasteiger partial charge in [0, 0.05) is 12.5 Å². The highest BCUT2D eigenvalue weighted by molar-refractivity contribution is 5.55. The van der Waals surface area contributed by atoms with E-state index in [0.717, 1.165) is 17.8 Å². The van der Waals surface area contributed by atoms with Crippen molar-refractivity contribution in [3.05, 3.63) is 42.0 Å². The zero-order valence-electron chi connectivity index (χ0n) is 9.35. The van der Waals surface area contributed by atoms with Crippen LogP contribution >= 0.6 is 0 Å². The van der Waals surface area contributed by atoms with E-state index in [-0.39, 0.29) is 10.5 Å². The van der Waals surface area contributed by atoms with Crippen molar-refractivity contribution in [1.82, 2.24) is 9.78 Å². The summed E-state index contributed by atoms with van der Waals surface area (Å²) in [4.78, 5) is 0. The second kappa shape index (κ2) is 4.16. The van der Waals surface area contributed by atoms with Crippen molar-refractivity contribution in [2.75, 3.05) is 5.32 Å². The summed E-state index contributed by atoms with van der Waals surface area (Å²) in [5.74, 6) is -0.223. The number of hydrogen-bond donors (Lipinski definition) is 1. The summed E-state index contributed by atoms with van der Waals surface area (Å²) in [5.41, 5.74) is 3.15. The number of benzene rings is 1. The van der Waals surface area contributed by atoms with E-state index < -0.39 is 0 Å². The monoisotopic (exact) mass is 237 g/mol. The Morgan fingerprint density at radius 2 is 2.06 bits per heavy atom. The molecule has 17 heavy (non-hydrogen) atoms. The number of anilines is 1. The number of hydrogen-bond acceptors (Lipinski definition) is 2. The molecule has 1 aromatic carbocycles. The molecule has 0 saturated heterocycles. The van der Waals surface area contributed by atoms with E-state index in [1.807, 2.05) is 10.9 Å².